The monoisotopic (exact) mass is 209 g/mol. The number of nitrogens with two attached hydrogens (primary N) is 1. The van der Waals surface area contributed by atoms with Crippen molar-refractivity contribution in [3.63, 3.8) is 0 Å². The van der Waals surface area contributed by atoms with E-state index < -0.39 is 10.8 Å². The van der Waals surface area contributed by atoms with E-state index >= 15 is 0 Å². The summed E-state index contributed by atoms with van der Waals surface area (Å²) in [6.45, 7) is 2.14. The van der Waals surface area contributed by atoms with Gasteiger partial charge in [-0.05, 0) is 19.1 Å². The summed E-state index contributed by atoms with van der Waals surface area (Å²) >= 11 is 0. The molecule has 0 bridgehead atoms. The van der Waals surface area contributed by atoms with Gasteiger partial charge in [0.1, 0.15) is 11.3 Å². The van der Waals surface area contributed by atoms with Crippen LogP contribution >= 0.6 is 0 Å². The summed E-state index contributed by atoms with van der Waals surface area (Å²) in [5.74, 6) is -0.489. The molecule has 0 fully saturated rings. The third-order valence-electron chi connectivity index (χ3n) is 1.83. The molecule has 0 saturated carbocycles. The number of carbonyl (C=O) groups excluding carboxylic acids is 1. The van der Waals surface area contributed by atoms with Crippen LogP contribution in [0, 0.1) is 10.1 Å². The fourth-order valence-corrected chi connectivity index (χ4v) is 1.20. The number of hydrogen-bond donors (Lipinski definition) is 2. The molecular weight excluding hydrogens is 198 g/mol. The molecule has 0 atom stereocenters. The minimum absolute atomic E-state index is 0.0104. The number of nitrogens with one attached hydrogen (secondary N) is 1. The van der Waals surface area contributed by atoms with Gasteiger partial charge < -0.3 is 11.1 Å². The number of rotatable bonds is 3. The molecule has 0 radical (unpaired) electrons. The smallest absolute Gasteiger partial charge is 0.304 e. The van der Waals surface area contributed by atoms with Crippen LogP contribution in [0.2, 0.25) is 0 Å². The van der Waals surface area contributed by atoms with Gasteiger partial charge in [-0.25, -0.2) is 0 Å². The van der Waals surface area contributed by atoms with Crippen molar-refractivity contribution >= 4 is 17.3 Å². The number of nitrogen functional groups attached to an aromatic ring is 1. The standard InChI is InChI=1S/C9H11N3O3/c1-2-11-9(13)6-4-3-5-7(10)8(6)12(14)15/h3-5H,2,10H2,1H3,(H,11,13). The van der Waals surface area contributed by atoms with Crippen LogP contribution in [0.1, 0.15) is 17.3 Å². The summed E-state index contributed by atoms with van der Waals surface area (Å²) in [5, 5.41) is 13.2. The van der Waals surface area contributed by atoms with Gasteiger partial charge in [0.2, 0.25) is 0 Å². The zero-order valence-corrected chi connectivity index (χ0v) is 8.19. The third kappa shape index (κ3) is 2.22. The van der Waals surface area contributed by atoms with Crippen molar-refractivity contribution in [3.8, 4) is 0 Å². The average Bonchev–Trinajstić information content (AvgIpc) is 2.17. The number of para-hydroxylation sites is 1. The first-order chi connectivity index (χ1) is 7.07. The van der Waals surface area contributed by atoms with E-state index in [1.54, 1.807) is 6.92 Å². The van der Waals surface area contributed by atoms with Gasteiger partial charge in [0.05, 0.1) is 4.92 Å². The molecule has 0 saturated heterocycles. The Balaban J connectivity index is 3.23. The second kappa shape index (κ2) is 4.41. The van der Waals surface area contributed by atoms with Gasteiger partial charge in [-0.3, -0.25) is 14.9 Å². The number of nitrogens with zero attached hydrogens (tertiary/aromatic N) is 1. The highest BCUT2D eigenvalue weighted by Gasteiger charge is 2.22. The van der Waals surface area contributed by atoms with Gasteiger partial charge in [-0.1, -0.05) is 6.07 Å². The van der Waals surface area contributed by atoms with Crippen molar-refractivity contribution in [1.82, 2.24) is 5.32 Å². The van der Waals surface area contributed by atoms with Crippen LogP contribution in [0.25, 0.3) is 0 Å². The van der Waals surface area contributed by atoms with E-state index in [0.29, 0.717) is 6.54 Å². The number of benzene rings is 1. The summed E-state index contributed by atoms with van der Waals surface area (Å²) in [7, 11) is 0. The fraction of sp³-hybridized carbons (Fsp3) is 0.222. The van der Waals surface area contributed by atoms with Crippen molar-refractivity contribution in [1.29, 1.82) is 0 Å². The molecule has 6 nitrogen and oxygen atoms in total. The highest BCUT2D eigenvalue weighted by molar-refractivity contribution is 6.00. The predicted octanol–water partition coefficient (Wildman–Crippen LogP) is 0.927. The maximum atomic E-state index is 11.5. The molecule has 1 aromatic carbocycles. The Kier molecular flexibility index (Phi) is 3.22. The lowest BCUT2D eigenvalue weighted by molar-refractivity contribution is -0.384. The minimum Gasteiger partial charge on any atom is -0.393 e. The highest BCUT2D eigenvalue weighted by Crippen LogP contribution is 2.25. The molecule has 0 heterocycles. The van der Waals surface area contributed by atoms with E-state index in [0.717, 1.165) is 0 Å². The molecule has 1 amide bonds. The van der Waals surface area contributed by atoms with Crippen molar-refractivity contribution in [2.24, 2.45) is 0 Å². The molecule has 0 unspecified atom stereocenters. The second-order valence-electron chi connectivity index (χ2n) is 2.86. The summed E-state index contributed by atoms with van der Waals surface area (Å²) in [6.07, 6.45) is 0. The maximum Gasteiger partial charge on any atom is 0.304 e. The Morgan fingerprint density at radius 3 is 2.80 bits per heavy atom. The van der Waals surface area contributed by atoms with Crippen LogP contribution in [0.15, 0.2) is 18.2 Å². The molecule has 1 aromatic rings. The van der Waals surface area contributed by atoms with E-state index in [9.17, 15) is 14.9 Å². The van der Waals surface area contributed by atoms with Crippen molar-refractivity contribution in [2.45, 2.75) is 6.92 Å². The normalized spacial score (nSPS) is 9.67. The van der Waals surface area contributed by atoms with Crippen LogP contribution in [-0.2, 0) is 0 Å². The Labute approximate surface area is 86.2 Å². The van der Waals surface area contributed by atoms with Gasteiger partial charge in [0, 0.05) is 6.54 Å². The van der Waals surface area contributed by atoms with Gasteiger partial charge >= 0.3 is 5.69 Å². The Hall–Kier alpha value is -2.11. The van der Waals surface area contributed by atoms with Gasteiger partial charge in [0.15, 0.2) is 0 Å². The van der Waals surface area contributed by atoms with E-state index in [4.69, 9.17) is 5.73 Å². The predicted molar refractivity (Wildman–Crippen MR) is 55.5 cm³/mol. The van der Waals surface area contributed by atoms with Crippen LogP contribution in [0.5, 0.6) is 0 Å². The molecule has 0 spiro atoms. The number of anilines is 1. The molecule has 1 rings (SSSR count). The number of nitro benzene ring substituents is 1. The molecule has 80 valence electrons. The number of nitro groups is 1. The van der Waals surface area contributed by atoms with Crippen LogP contribution < -0.4 is 11.1 Å². The summed E-state index contributed by atoms with van der Waals surface area (Å²) in [5.41, 5.74) is 5.07. The minimum atomic E-state index is -0.653. The lowest BCUT2D eigenvalue weighted by Crippen LogP contribution is -2.23. The van der Waals surface area contributed by atoms with Crippen molar-refractivity contribution < 1.29 is 9.72 Å². The third-order valence-corrected chi connectivity index (χ3v) is 1.83. The van der Waals surface area contributed by atoms with E-state index in [1.165, 1.54) is 18.2 Å². The van der Waals surface area contributed by atoms with Crippen molar-refractivity contribution in [2.75, 3.05) is 12.3 Å². The topological polar surface area (TPSA) is 98.3 Å². The molecule has 15 heavy (non-hydrogen) atoms. The zero-order valence-electron chi connectivity index (χ0n) is 8.19. The lowest BCUT2D eigenvalue weighted by atomic mass is 10.1. The van der Waals surface area contributed by atoms with E-state index in [2.05, 4.69) is 5.32 Å². The first-order valence-electron chi connectivity index (χ1n) is 4.39. The fourth-order valence-electron chi connectivity index (χ4n) is 1.20. The first-order valence-corrected chi connectivity index (χ1v) is 4.39. The maximum absolute atomic E-state index is 11.5. The molecule has 0 aliphatic carbocycles. The molecule has 3 N–H and O–H groups in total. The molecule has 0 aliphatic heterocycles. The first kappa shape index (κ1) is 11.0. The van der Waals surface area contributed by atoms with E-state index in [1.807, 2.05) is 0 Å². The number of amides is 1. The summed E-state index contributed by atoms with van der Waals surface area (Å²) < 4.78 is 0. The lowest BCUT2D eigenvalue weighted by Gasteiger charge is -2.04. The van der Waals surface area contributed by atoms with Gasteiger partial charge in [-0.15, -0.1) is 0 Å². The highest BCUT2D eigenvalue weighted by atomic mass is 16.6. The largest absolute Gasteiger partial charge is 0.393 e. The van der Waals surface area contributed by atoms with Crippen LogP contribution in [0.4, 0.5) is 11.4 Å². The Bertz CT molecular complexity index is 404. The van der Waals surface area contributed by atoms with E-state index in [-0.39, 0.29) is 16.9 Å². The summed E-state index contributed by atoms with van der Waals surface area (Å²) in [6, 6.07) is 4.27. The quantitative estimate of drug-likeness (QED) is 0.439. The van der Waals surface area contributed by atoms with Gasteiger partial charge in [0.25, 0.3) is 5.91 Å². The Morgan fingerprint density at radius 2 is 2.27 bits per heavy atom. The SMILES string of the molecule is CCNC(=O)c1cccc(N)c1[N+](=O)[O-]. The van der Waals surface area contributed by atoms with Crippen LogP contribution in [0.3, 0.4) is 0 Å². The average molecular weight is 209 g/mol. The Morgan fingerprint density at radius 1 is 1.60 bits per heavy atom. The number of carbonyl (C=O) groups is 1. The zero-order chi connectivity index (χ0) is 11.4. The molecule has 0 aromatic heterocycles. The molecular formula is C9H11N3O3. The molecule has 6 heteroatoms. The van der Waals surface area contributed by atoms with Crippen LogP contribution in [-0.4, -0.2) is 17.4 Å². The number of hydrogen-bond acceptors (Lipinski definition) is 4. The van der Waals surface area contributed by atoms with Gasteiger partial charge in [-0.2, -0.15) is 0 Å². The second-order valence-corrected chi connectivity index (χ2v) is 2.86. The summed E-state index contributed by atoms with van der Waals surface area (Å²) in [4.78, 5) is 21.5. The molecule has 0 aliphatic rings. The van der Waals surface area contributed by atoms with Crippen molar-refractivity contribution in [3.05, 3.63) is 33.9 Å².